The minimum absolute atomic E-state index is 0.0108. The maximum atomic E-state index is 12.3. The van der Waals surface area contributed by atoms with Crippen molar-refractivity contribution in [2.24, 2.45) is 0 Å². The number of aliphatic carboxylic acids is 1. The number of carboxylic acid groups (broad SMARTS) is 1. The number of amides is 2. The molecule has 2 amide bonds. The summed E-state index contributed by atoms with van der Waals surface area (Å²) in [6, 6.07) is 17.0. The summed E-state index contributed by atoms with van der Waals surface area (Å²) in [6.07, 6.45) is 0.975. The van der Waals surface area contributed by atoms with Crippen molar-refractivity contribution in [3.05, 3.63) is 71.3 Å². The second kappa shape index (κ2) is 11.0. The molecule has 2 aromatic carbocycles. The van der Waals surface area contributed by atoms with Crippen molar-refractivity contribution in [2.45, 2.75) is 38.5 Å². The number of nitrogens with one attached hydrogen (secondary N) is 2. The zero-order valence-electron chi connectivity index (χ0n) is 15.5. The Morgan fingerprint density at radius 1 is 1.04 bits per heavy atom. The van der Waals surface area contributed by atoms with Crippen LogP contribution in [0.25, 0.3) is 0 Å². The molecule has 0 saturated carbocycles. The van der Waals surface area contributed by atoms with Gasteiger partial charge < -0.3 is 20.5 Å². The number of hydrogen-bond acceptors (Lipinski definition) is 3. The number of ether oxygens (including phenoxy) is 1. The first-order chi connectivity index (χ1) is 13.1. The number of carboxylic acids is 1. The van der Waals surface area contributed by atoms with E-state index in [0.29, 0.717) is 26.0 Å². The van der Waals surface area contributed by atoms with E-state index in [2.05, 4.69) is 10.6 Å². The van der Waals surface area contributed by atoms with Crippen molar-refractivity contribution >= 4 is 12.0 Å². The lowest BCUT2D eigenvalue weighted by molar-refractivity contribution is -0.137. The van der Waals surface area contributed by atoms with E-state index in [4.69, 9.17) is 9.84 Å². The summed E-state index contributed by atoms with van der Waals surface area (Å²) in [5.74, 6) is -0.870. The molecule has 0 aliphatic heterocycles. The molecule has 27 heavy (non-hydrogen) atoms. The molecule has 0 saturated heterocycles. The Hall–Kier alpha value is -2.86. The number of urea groups is 1. The van der Waals surface area contributed by atoms with Crippen molar-refractivity contribution in [1.29, 1.82) is 0 Å². The van der Waals surface area contributed by atoms with Gasteiger partial charge >= 0.3 is 12.0 Å². The Labute approximate surface area is 159 Å². The average molecular weight is 370 g/mol. The highest BCUT2D eigenvalue weighted by molar-refractivity contribution is 5.74. The highest BCUT2D eigenvalue weighted by Gasteiger charge is 2.14. The predicted octanol–water partition coefficient (Wildman–Crippen LogP) is 3.11. The summed E-state index contributed by atoms with van der Waals surface area (Å²) in [5, 5.41) is 14.7. The van der Waals surface area contributed by atoms with Crippen molar-refractivity contribution in [2.75, 3.05) is 7.11 Å². The van der Waals surface area contributed by atoms with Gasteiger partial charge in [-0.2, -0.15) is 0 Å². The number of carbonyl (C=O) groups excluding carboxylic acids is 1. The third kappa shape index (κ3) is 7.92. The van der Waals surface area contributed by atoms with Crippen LogP contribution in [0.3, 0.4) is 0 Å². The number of carbonyl (C=O) groups is 2. The van der Waals surface area contributed by atoms with Crippen LogP contribution >= 0.6 is 0 Å². The molecule has 0 aromatic heterocycles. The first-order valence-corrected chi connectivity index (χ1v) is 8.93. The van der Waals surface area contributed by atoms with Crippen LogP contribution in [0.2, 0.25) is 0 Å². The lowest BCUT2D eigenvalue weighted by atomic mass is 10.0. The molecule has 6 nitrogen and oxygen atoms in total. The van der Waals surface area contributed by atoms with Crippen LogP contribution in [-0.4, -0.2) is 30.3 Å². The van der Waals surface area contributed by atoms with Crippen LogP contribution in [0.5, 0.6) is 0 Å². The smallest absolute Gasteiger partial charge is 0.315 e. The molecule has 1 unspecified atom stereocenters. The summed E-state index contributed by atoms with van der Waals surface area (Å²) in [7, 11) is 1.64. The molecule has 2 rings (SSSR count). The lowest BCUT2D eigenvalue weighted by Crippen LogP contribution is -2.43. The molecule has 0 heterocycles. The number of rotatable bonds is 10. The van der Waals surface area contributed by atoms with Crippen LogP contribution < -0.4 is 10.6 Å². The van der Waals surface area contributed by atoms with Gasteiger partial charge in [0.25, 0.3) is 0 Å². The lowest BCUT2D eigenvalue weighted by Gasteiger charge is -2.19. The summed E-state index contributed by atoms with van der Waals surface area (Å²) in [4.78, 5) is 23.2. The van der Waals surface area contributed by atoms with E-state index in [-0.39, 0.29) is 18.5 Å². The van der Waals surface area contributed by atoms with Crippen molar-refractivity contribution in [1.82, 2.24) is 10.6 Å². The Morgan fingerprint density at radius 2 is 1.74 bits per heavy atom. The fraction of sp³-hybridized carbons (Fsp3) is 0.333. The quantitative estimate of drug-likeness (QED) is 0.600. The van der Waals surface area contributed by atoms with E-state index in [1.165, 1.54) is 0 Å². The molecule has 0 fully saturated rings. The van der Waals surface area contributed by atoms with E-state index < -0.39 is 5.97 Å². The Balaban J connectivity index is 1.90. The molecule has 0 spiro atoms. The molecule has 3 N–H and O–H groups in total. The number of methoxy groups -OCH3 is 1. The number of hydrogen-bond donors (Lipinski definition) is 3. The highest BCUT2D eigenvalue weighted by atomic mass is 16.5. The van der Waals surface area contributed by atoms with Gasteiger partial charge in [-0.15, -0.1) is 0 Å². The summed E-state index contributed by atoms with van der Waals surface area (Å²) in [5.41, 5.74) is 3.07. The molecule has 0 radical (unpaired) electrons. The first-order valence-electron chi connectivity index (χ1n) is 8.93. The van der Waals surface area contributed by atoms with Crippen LogP contribution in [0.1, 0.15) is 29.5 Å². The minimum atomic E-state index is -0.870. The molecule has 0 aliphatic carbocycles. The standard InChI is InChI=1S/C21H26N2O4/c1-27-15-18-9-5-8-17(12-18)14-22-21(26)23-19(10-11-20(24)25)13-16-6-3-2-4-7-16/h2-9,12,19H,10-11,13-15H2,1H3,(H,24,25)(H2,22,23,26). The normalized spacial score (nSPS) is 11.6. The minimum Gasteiger partial charge on any atom is -0.481 e. The first kappa shape index (κ1) is 20.5. The summed E-state index contributed by atoms with van der Waals surface area (Å²) < 4.78 is 5.12. The molecule has 2 aromatic rings. The zero-order valence-corrected chi connectivity index (χ0v) is 15.5. The third-order valence-electron chi connectivity index (χ3n) is 4.12. The maximum Gasteiger partial charge on any atom is 0.315 e. The van der Waals surface area contributed by atoms with E-state index in [0.717, 1.165) is 16.7 Å². The third-order valence-corrected chi connectivity index (χ3v) is 4.12. The van der Waals surface area contributed by atoms with Gasteiger partial charge in [0.05, 0.1) is 6.61 Å². The molecule has 144 valence electrons. The topological polar surface area (TPSA) is 87.7 Å². The van der Waals surface area contributed by atoms with Gasteiger partial charge in [-0.05, 0) is 29.5 Å². The second-order valence-electron chi connectivity index (χ2n) is 6.40. The van der Waals surface area contributed by atoms with Crippen molar-refractivity contribution in [3.63, 3.8) is 0 Å². The van der Waals surface area contributed by atoms with Gasteiger partial charge in [-0.3, -0.25) is 4.79 Å². The van der Waals surface area contributed by atoms with Crippen molar-refractivity contribution < 1.29 is 19.4 Å². The zero-order chi connectivity index (χ0) is 19.5. The molecular formula is C21H26N2O4. The Bertz CT molecular complexity index is 734. The predicted molar refractivity (Wildman–Crippen MR) is 103 cm³/mol. The molecular weight excluding hydrogens is 344 g/mol. The molecule has 1 atom stereocenters. The van der Waals surface area contributed by atoms with Crippen LogP contribution in [0.15, 0.2) is 54.6 Å². The SMILES string of the molecule is COCc1cccc(CNC(=O)NC(CCC(=O)O)Cc2ccccc2)c1. The Morgan fingerprint density at radius 3 is 2.44 bits per heavy atom. The maximum absolute atomic E-state index is 12.3. The van der Waals surface area contributed by atoms with E-state index >= 15 is 0 Å². The average Bonchev–Trinajstić information content (AvgIpc) is 2.66. The van der Waals surface area contributed by atoms with Crippen LogP contribution in [-0.2, 0) is 29.1 Å². The summed E-state index contributed by atoms with van der Waals surface area (Å²) >= 11 is 0. The van der Waals surface area contributed by atoms with Gasteiger partial charge in [0.15, 0.2) is 0 Å². The van der Waals surface area contributed by atoms with Gasteiger partial charge in [-0.25, -0.2) is 4.79 Å². The monoisotopic (exact) mass is 370 g/mol. The van der Waals surface area contributed by atoms with Gasteiger partial charge in [0.2, 0.25) is 0 Å². The summed E-state index contributed by atoms with van der Waals surface area (Å²) in [6.45, 7) is 0.911. The van der Waals surface area contributed by atoms with Crippen LogP contribution in [0, 0.1) is 0 Å². The molecule has 0 aliphatic rings. The van der Waals surface area contributed by atoms with Crippen molar-refractivity contribution in [3.8, 4) is 0 Å². The van der Waals surface area contributed by atoms with Crippen LogP contribution in [0.4, 0.5) is 4.79 Å². The highest BCUT2D eigenvalue weighted by Crippen LogP contribution is 2.09. The van der Waals surface area contributed by atoms with E-state index in [1.54, 1.807) is 7.11 Å². The molecule has 0 bridgehead atoms. The van der Waals surface area contributed by atoms with Gasteiger partial charge in [-0.1, -0.05) is 54.6 Å². The van der Waals surface area contributed by atoms with E-state index in [1.807, 2.05) is 54.6 Å². The van der Waals surface area contributed by atoms with Gasteiger partial charge in [0.1, 0.15) is 0 Å². The fourth-order valence-corrected chi connectivity index (χ4v) is 2.84. The largest absolute Gasteiger partial charge is 0.481 e. The van der Waals surface area contributed by atoms with E-state index in [9.17, 15) is 9.59 Å². The Kier molecular flexibility index (Phi) is 8.32. The fourth-order valence-electron chi connectivity index (χ4n) is 2.84. The molecule has 6 heteroatoms. The second-order valence-corrected chi connectivity index (χ2v) is 6.40. The van der Waals surface area contributed by atoms with Gasteiger partial charge in [0, 0.05) is 26.1 Å². The number of benzene rings is 2.